The SMILES string of the molecule is c1cc2c(c(OCCCn3cccc3)c1)CCCO2. The fourth-order valence-corrected chi connectivity index (χ4v) is 2.44. The van der Waals surface area contributed by atoms with Crippen LogP contribution in [0.1, 0.15) is 18.4 Å². The van der Waals surface area contributed by atoms with E-state index in [9.17, 15) is 0 Å². The van der Waals surface area contributed by atoms with Crippen molar-refractivity contribution in [2.75, 3.05) is 13.2 Å². The summed E-state index contributed by atoms with van der Waals surface area (Å²) in [4.78, 5) is 0. The molecule has 0 bridgehead atoms. The Morgan fingerprint density at radius 2 is 2.05 bits per heavy atom. The van der Waals surface area contributed by atoms with Crippen molar-refractivity contribution in [3.63, 3.8) is 0 Å². The van der Waals surface area contributed by atoms with Gasteiger partial charge in [-0.25, -0.2) is 0 Å². The largest absolute Gasteiger partial charge is 0.493 e. The van der Waals surface area contributed by atoms with Crippen LogP contribution >= 0.6 is 0 Å². The minimum absolute atomic E-state index is 0.745. The number of hydrogen-bond acceptors (Lipinski definition) is 2. The molecular weight excluding hydrogens is 238 g/mol. The van der Waals surface area contributed by atoms with Crippen LogP contribution in [-0.2, 0) is 13.0 Å². The lowest BCUT2D eigenvalue weighted by Gasteiger charge is -2.20. The van der Waals surface area contributed by atoms with Crippen LogP contribution in [0.4, 0.5) is 0 Å². The lowest BCUT2D eigenvalue weighted by molar-refractivity contribution is 0.268. The van der Waals surface area contributed by atoms with Crippen molar-refractivity contribution < 1.29 is 9.47 Å². The monoisotopic (exact) mass is 257 g/mol. The number of nitrogens with zero attached hydrogens (tertiary/aromatic N) is 1. The molecule has 2 heterocycles. The number of benzene rings is 1. The molecule has 2 aromatic rings. The second kappa shape index (κ2) is 5.83. The maximum Gasteiger partial charge on any atom is 0.126 e. The van der Waals surface area contributed by atoms with Gasteiger partial charge in [-0.05, 0) is 43.5 Å². The first kappa shape index (κ1) is 12.2. The van der Waals surface area contributed by atoms with Crippen molar-refractivity contribution in [1.82, 2.24) is 4.57 Å². The van der Waals surface area contributed by atoms with Gasteiger partial charge in [0.1, 0.15) is 11.5 Å². The van der Waals surface area contributed by atoms with Crippen LogP contribution in [0.2, 0.25) is 0 Å². The molecule has 19 heavy (non-hydrogen) atoms. The summed E-state index contributed by atoms with van der Waals surface area (Å²) >= 11 is 0. The quantitative estimate of drug-likeness (QED) is 0.767. The first-order valence-corrected chi connectivity index (χ1v) is 6.92. The van der Waals surface area contributed by atoms with Gasteiger partial charge >= 0.3 is 0 Å². The van der Waals surface area contributed by atoms with E-state index in [0.717, 1.165) is 50.5 Å². The third-order valence-electron chi connectivity index (χ3n) is 3.40. The molecule has 0 saturated heterocycles. The molecule has 3 rings (SSSR count). The lowest BCUT2D eigenvalue weighted by atomic mass is 10.1. The van der Waals surface area contributed by atoms with Gasteiger partial charge in [0.25, 0.3) is 0 Å². The van der Waals surface area contributed by atoms with Crippen LogP contribution in [0.3, 0.4) is 0 Å². The predicted octanol–water partition coefficient (Wildman–Crippen LogP) is 3.28. The van der Waals surface area contributed by atoms with Crippen molar-refractivity contribution in [3.05, 3.63) is 48.3 Å². The van der Waals surface area contributed by atoms with Crippen LogP contribution in [0.15, 0.2) is 42.7 Å². The Bertz CT molecular complexity index is 520. The molecule has 0 amide bonds. The van der Waals surface area contributed by atoms with Crippen LogP contribution in [0, 0.1) is 0 Å². The average Bonchev–Trinajstić information content (AvgIpc) is 2.97. The van der Waals surface area contributed by atoms with E-state index in [1.807, 2.05) is 30.3 Å². The molecule has 0 spiro atoms. The number of rotatable bonds is 5. The van der Waals surface area contributed by atoms with E-state index < -0.39 is 0 Å². The zero-order chi connectivity index (χ0) is 12.9. The van der Waals surface area contributed by atoms with E-state index in [1.165, 1.54) is 5.56 Å². The van der Waals surface area contributed by atoms with E-state index in [1.54, 1.807) is 0 Å². The van der Waals surface area contributed by atoms with Crippen molar-refractivity contribution in [2.45, 2.75) is 25.8 Å². The average molecular weight is 257 g/mol. The molecule has 1 aliphatic heterocycles. The maximum atomic E-state index is 5.91. The van der Waals surface area contributed by atoms with Crippen LogP contribution < -0.4 is 9.47 Å². The van der Waals surface area contributed by atoms with Gasteiger partial charge in [0.2, 0.25) is 0 Å². The molecule has 3 heteroatoms. The summed E-state index contributed by atoms with van der Waals surface area (Å²) in [5, 5.41) is 0. The number of aromatic nitrogens is 1. The van der Waals surface area contributed by atoms with Gasteiger partial charge in [-0.3, -0.25) is 0 Å². The second-order valence-electron chi connectivity index (χ2n) is 4.81. The van der Waals surface area contributed by atoms with Crippen molar-refractivity contribution in [3.8, 4) is 11.5 Å². The Morgan fingerprint density at radius 3 is 2.95 bits per heavy atom. The molecule has 1 aliphatic rings. The first-order chi connectivity index (χ1) is 9.43. The normalized spacial score (nSPS) is 13.7. The highest BCUT2D eigenvalue weighted by Gasteiger charge is 2.14. The minimum Gasteiger partial charge on any atom is -0.493 e. The third kappa shape index (κ3) is 2.92. The summed E-state index contributed by atoms with van der Waals surface area (Å²) in [6.07, 6.45) is 7.31. The molecule has 1 aromatic carbocycles. The van der Waals surface area contributed by atoms with Gasteiger partial charge < -0.3 is 14.0 Å². The maximum absolute atomic E-state index is 5.91. The predicted molar refractivity (Wildman–Crippen MR) is 74.8 cm³/mol. The standard InChI is InChI=1S/C16H19NO2/c1-2-10-17(9-1)11-5-13-19-16-8-3-7-15-14(16)6-4-12-18-15/h1-3,7-10H,4-6,11-13H2. The van der Waals surface area contributed by atoms with Crippen LogP contribution in [0.5, 0.6) is 11.5 Å². The number of fused-ring (bicyclic) bond motifs is 1. The van der Waals surface area contributed by atoms with Gasteiger partial charge in [0, 0.05) is 24.5 Å². The molecule has 0 unspecified atom stereocenters. The molecule has 1 aromatic heterocycles. The Labute approximate surface area is 113 Å². The minimum atomic E-state index is 0.745. The Hall–Kier alpha value is -1.90. The van der Waals surface area contributed by atoms with E-state index >= 15 is 0 Å². The summed E-state index contributed by atoms with van der Waals surface area (Å²) < 4.78 is 13.7. The smallest absolute Gasteiger partial charge is 0.126 e. The highest BCUT2D eigenvalue weighted by Crippen LogP contribution is 2.32. The molecule has 0 N–H and O–H groups in total. The summed E-state index contributed by atoms with van der Waals surface area (Å²) in [5.41, 5.74) is 1.23. The van der Waals surface area contributed by atoms with Gasteiger partial charge in [0.15, 0.2) is 0 Å². The molecule has 0 saturated carbocycles. The van der Waals surface area contributed by atoms with E-state index in [4.69, 9.17) is 9.47 Å². The Morgan fingerprint density at radius 1 is 1.16 bits per heavy atom. The fraction of sp³-hybridized carbons (Fsp3) is 0.375. The first-order valence-electron chi connectivity index (χ1n) is 6.92. The highest BCUT2D eigenvalue weighted by atomic mass is 16.5. The van der Waals surface area contributed by atoms with E-state index in [-0.39, 0.29) is 0 Å². The summed E-state index contributed by atoms with van der Waals surface area (Å²) in [6.45, 7) is 2.57. The Kier molecular flexibility index (Phi) is 3.73. The summed E-state index contributed by atoms with van der Waals surface area (Å²) in [6, 6.07) is 10.2. The molecule has 0 radical (unpaired) electrons. The zero-order valence-electron chi connectivity index (χ0n) is 11.0. The van der Waals surface area contributed by atoms with Crippen LogP contribution in [0.25, 0.3) is 0 Å². The number of hydrogen-bond donors (Lipinski definition) is 0. The molecule has 3 nitrogen and oxygen atoms in total. The lowest BCUT2D eigenvalue weighted by Crippen LogP contribution is -2.11. The second-order valence-corrected chi connectivity index (χ2v) is 4.81. The van der Waals surface area contributed by atoms with Crippen molar-refractivity contribution in [1.29, 1.82) is 0 Å². The molecule has 100 valence electrons. The topological polar surface area (TPSA) is 23.4 Å². The van der Waals surface area contributed by atoms with Crippen LogP contribution in [-0.4, -0.2) is 17.8 Å². The molecular formula is C16H19NO2. The summed E-state index contributed by atoms with van der Waals surface area (Å²) in [7, 11) is 0. The van der Waals surface area contributed by atoms with Gasteiger partial charge in [0.05, 0.1) is 13.2 Å². The van der Waals surface area contributed by atoms with E-state index in [0.29, 0.717) is 0 Å². The Balaban J connectivity index is 1.55. The van der Waals surface area contributed by atoms with Crippen molar-refractivity contribution >= 4 is 0 Å². The molecule has 0 fully saturated rings. The number of ether oxygens (including phenoxy) is 2. The molecule has 0 aliphatic carbocycles. The van der Waals surface area contributed by atoms with Gasteiger partial charge in [-0.2, -0.15) is 0 Å². The van der Waals surface area contributed by atoms with Crippen molar-refractivity contribution in [2.24, 2.45) is 0 Å². The highest BCUT2D eigenvalue weighted by molar-refractivity contribution is 5.45. The third-order valence-corrected chi connectivity index (χ3v) is 3.40. The van der Waals surface area contributed by atoms with Gasteiger partial charge in [-0.15, -0.1) is 0 Å². The summed E-state index contributed by atoms with van der Waals surface area (Å²) in [5.74, 6) is 1.99. The zero-order valence-corrected chi connectivity index (χ0v) is 11.0. The molecule has 0 atom stereocenters. The fourth-order valence-electron chi connectivity index (χ4n) is 2.44. The van der Waals surface area contributed by atoms with Gasteiger partial charge in [-0.1, -0.05) is 6.07 Å². The van der Waals surface area contributed by atoms with E-state index in [2.05, 4.69) is 17.0 Å². The number of aryl methyl sites for hydroxylation is 1.